The van der Waals surface area contributed by atoms with Crippen LogP contribution in [0.4, 0.5) is 0 Å². The maximum absolute atomic E-state index is 9.05. The highest BCUT2D eigenvalue weighted by Gasteiger charge is 2.31. The lowest BCUT2D eigenvalue weighted by Crippen LogP contribution is -2.36. The monoisotopic (exact) mass is 283 g/mol. The van der Waals surface area contributed by atoms with Crippen LogP contribution in [0.2, 0.25) is 0 Å². The van der Waals surface area contributed by atoms with Crippen LogP contribution in [0.15, 0.2) is 21.8 Å². The fraction of sp³-hybridized carbons (Fsp3) is 0.417. The van der Waals surface area contributed by atoms with Gasteiger partial charge in [0.15, 0.2) is 0 Å². The lowest BCUT2D eigenvalue weighted by Gasteiger charge is -2.33. The smallest absolute Gasteiger partial charge is 0.130 e. The molecule has 1 aliphatic rings. The predicted octanol–water partition coefficient (Wildman–Crippen LogP) is 3.50. The number of hydrogen-bond donors (Lipinski definition) is 1. The first kappa shape index (κ1) is 11.5. The van der Waals surface area contributed by atoms with E-state index in [1.54, 1.807) is 0 Å². The summed E-state index contributed by atoms with van der Waals surface area (Å²) in [5, 5.41) is 12.4. The number of nitrogens with zero attached hydrogens (tertiary/aromatic N) is 1. The van der Waals surface area contributed by atoms with Crippen LogP contribution in [-0.2, 0) is 0 Å². The van der Waals surface area contributed by atoms with Crippen molar-refractivity contribution in [3.8, 4) is 5.75 Å². The summed E-state index contributed by atoms with van der Waals surface area (Å²) < 4.78 is 6.87. The highest BCUT2D eigenvalue weighted by Crippen LogP contribution is 2.36. The molecule has 1 aromatic carbocycles. The van der Waals surface area contributed by atoms with Crippen LogP contribution >= 0.6 is 15.9 Å². The van der Waals surface area contributed by atoms with E-state index in [0.717, 1.165) is 21.3 Å². The number of hydrogen-bond acceptors (Lipinski definition) is 3. The van der Waals surface area contributed by atoms with Gasteiger partial charge in [-0.2, -0.15) is 0 Å². The Hall–Kier alpha value is -1.03. The molecule has 16 heavy (non-hydrogen) atoms. The van der Waals surface area contributed by atoms with Gasteiger partial charge in [0.1, 0.15) is 11.4 Å². The highest BCUT2D eigenvalue weighted by atomic mass is 79.9. The molecule has 0 aliphatic carbocycles. The molecule has 86 valence electrons. The third-order valence-electron chi connectivity index (χ3n) is 2.67. The van der Waals surface area contributed by atoms with Crippen molar-refractivity contribution in [2.45, 2.75) is 32.8 Å². The van der Waals surface area contributed by atoms with Crippen molar-refractivity contribution >= 4 is 21.6 Å². The quantitative estimate of drug-likeness (QED) is 0.585. The average molecular weight is 284 g/mol. The highest BCUT2D eigenvalue weighted by molar-refractivity contribution is 9.10. The van der Waals surface area contributed by atoms with Gasteiger partial charge in [0.2, 0.25) is 0 Å². The maximum atomic E-state index is 9.05. The molecule has 0 saturated heterocycles. The summed E-state index contributed by atoms with van der Waals surface area (Å²) >= 11 is 3.47. The van der Waals surface area contributed by atoms with E-state index in [2.05, 4.69) is 21.1 Å². The molecule has 0 amide bonds. The first-order valence-corrected chi connectivity index (χ1v) is 5.93. The Kier molecular flexibility index (Phi) is 2.70. The number of oxime groups is 1. The molecule has 1 aromatic rings. The van der Waals surface area contributed by atoms with Gasteiger partial charge in [-0.15, -0.1) is 0 Å². The van der Waals surface area contributed by atoms with Crippen molar-refractivity contribution in [2.75, 3.05) is 0 Å². The Morgan fingerprint density at radius 2 is 2.12 bits per heavy atom. The van der Waals surface area contributed by atoms with Gasteiger partial charge in [-0.1, -0.05) is 21.1 Å². The molecule has 0 saturated carbocycles. The Morgan fingerprint density at radius 3 is 2.75 bits per heavy atom. The molecule has 1 N–H and O–H groups in total. The van der Waals surface area contributed by atoms with E-state index in [1.165, 1.54) is 0 Å². The first-order valence-electron chi connectivity index (χ1n) is 5.13. The normalized spacial score (nSPS) is 20.4. The second kappa shape index (κ2) is 3.77. The van der Waals surface area contributed by atoms with Gasteiger partial charge in [-0.05, 0) is 38.5 Å². The van der Waals surface area contributed by atoms with Crippen LogP contribution in [-0.4, -0.2) is 16.5 Å². The van der Waals surface area contributed by atoms with Crippen LogP contribution in [0.1, 0.15) is 31.4 Å². The van der Waals surface area contributed by atoms with Gasteiger partial charge in [-0.25, -0.2) is 0 Å². The Labute approximate surface area is 103 Å². The van der Waals surface area contributed by atoms with Crippen molar-refractivity contribution in [2.24, 2.45) is 5.16 Å². The molecule has 0 fully saturated rings. The summed E-state index contributed by atoms with van der Waals surface area (Å²) in [6.07, 6.45) is 0.609. The summed E-state index contributed by atoms with van der Waals surface area (Å²) in [4.78, 5) is 0. The fourth-order valence-corrected chi connectivity index (χ4v) is 2.22. The van der Waals surface area contributed by atoms with E-state index >= 15 is 0 Å². The zero-order valence-corrected chi connectivity index (χ0v) is 11.1. The number of aryl methyl sites for hydroxylation is 1. The molecule has 0 atom stereocenters. The van der Waals surface area contributed by atoms with Crippen LogP contribution in [0, 0.1) is 6.92 Å². The van der Waals surface area contributed by atoms with E-state index in [9.17, 15) is 0 Å². The molecule has 0 radical (unpaired) electrons. The van der Waals surface area contributed by atoms with Gasteiger partial charge in [0, 0.05) is 16.5 Å². The zero-order valence-electron chi connectivity index (χ0n) is 9.54. The van der Waals surface area contributed by atoms with Gasteiger partial charge in [0.25, 0.3) is 0 Å². The fourth-order valence-electron chi connectivity index (χ4n) is 1.89. The Balaban J connectivity index is 2.60. The molecular formula is C12H14BrNO2. The summed E-state index contributed by atoms with van der Waals surface area (Å²) in [5.41, 5.74) is 2.33. The van der Waals surface area contributed by atoms with E-state index in [-0.39, 0.29) is 5.60 Å². The molecule has 0 spiro atoms. The van der Waals surface area contributed by atoms with E-state index in [4.69, 9.17) is 9.94 Å². The minimum absolute atomic E-state index is 0.330. The molecule has 1 aliphatic heterocycles. The maximum Gasteiger partial charge on any atom is 0.130 e. The van der Waals surface area contributed by atoms with Gasteiger partial charge >= 0.3 is 0 Å². The van der Waals surface area contributed by atoms with Crippen LogP contribution in [0.3, 0.4) is 0 Å². The number of halogens is 1. The SMILES string of the molecule is Cc1cc2c(cc1Br)OC(C)(C)C/C2=N\O. The number of rotatable bonds is 0. The molecule has 4 heteroatoms. The summed E-state index contributed by atoms with van der Waals surface area (Å²) in [5.74, 6) is 0.765. The largest absolute Gasteiger partial charge is 0.487 e. The average Bonchev–Trinajstić information content (AvgIpc) is 2.18. The van der Waals surface area contributed by atoms with Crippen LogP contribution in [0.25, 0.3) is 0 Å². The number of benzene rings is 1. The summed E-state index contributed by atoms with van der Waals surface area (Å²) in [6, 6.07) is 3.90. The number of ether oxygens (including phenoxy) is 1. The molecule has 1 heterocycles. The summed E-state index contributed by atoms with van der Waals surface area (Å²) in [7, 11) is 0. The van der Waals surface area contributed by atoms with Gasteiger partial charge in [-0.3, -0.25) is 0 Å². The van der Waals surface area contributed by atoms with E-state index in [1.807, 2.05) is 32.9 Å². The Morgan fingerprint density at radius 1 is 1.44 bits per heavy atom. The number of fused-ring (bicyclic) bond motifs is 1. The Bertz CT molecular complexity index is 466. The van der Waals surface area contributed by atoms with Crippen molar-refractivity contribution in [3.05, 3.63) is 27.7 Å². The van der Waals surface area contributed by atoms with Crippen LogP contribution < -0.4 is 4.74 Å². The zero-order chi connectivity index (χ0) is 11.9. The first-order chi connectivity index (χ1) is 7.43. The molecule has 2 rings (SSSR count). The second-order valence-corrected chi connectivity index (χ2v) is 5.54. The minimum Gasteiger partial charge on any atom is -0.487 e. The molecular weight excluding hydrogens is 270 g/mol. The third kappa shape index (κ3) is 1.94. The van der Waals surface area contributed by atoms with Crippen molar-refractivity contribution < 1.29 is 9.94 Å². The predicted molar refractivity (Wildman–Crippen MR) is 66.5 cm³/mol. The standard InChI is InChI=1S/C12H14BrNO2/c1-7-4-8-10(14-15)6-12(2,3)16-11(8)5-9(7)13/h4-5,15H,6H2,1-3H3/b14-10+. The molecule has 0 bridgehead atoms. The van der Waals surface area contributed by atoms with Gasteiger partial charge in [0.05, 0.1) is 5.71 Å². The molecule has 3 nitrogen and oxygen atoms in total. The lowest BCUT2D eigenvalue weighted by atomic mass is 9.92. The molecule has 0 aromatic heterocycles. The minimum atomic E-state index is -0.330. The van der Waals surface area contributed by atoms with Crippen molar-refractivity contribution in [1.29, 1.82) is 0 Å². The van der Waals surface area contributed by atoms with Crippen molar-refractivity contribution in [1.82, 2.24) is 0 Å². The summed E-state index contributed by atoms with van der Waals surface area (Å²) in [6.45, 7) is 5.96. The second-order valence-electron chi connectivity index (χ2n) is 4.68. The lowest BCUT2D eigenvalue weighted by molar-refractivity contribution is 0.109. The van der Waals surface area contributed by atoms with Gasteiger partial charge < -0.3 is 9.94 Å². The van der Waals surface area contributed by atoms with E-state index < -0.39 is 0 Å². The van der Waals surface area contributed by atoms with Crippen molar-refractivity contribution in [3.63, 3.8) is 0 Å². The topological polar surface area (TPSA) is 41.8 Å². The molecule has 0 unspecified atom stereocenters. The van der Waals surface area contributed by atoms with Crippen LogP contribution in [0.5, 0.6) is 5.75 Å². The third-order valence-corrected chi connectivity index (χ3v) is 3.53. The van der Waals surface area contributed by atoms with E-state index in [0.29, 0.717) is 12.1 Å².